The smallest absolute Gasteiger partial charge is 0.207 e. The van der Waals surface area contributed by atoms with Crippen LogP contribution in [0.3, 0.4) is 0 Å². The van der Waals surface area contributed by atoms with Crippen molar-refractivity contribution in [1.82, 2.24) is 0 Å². The van der Waals surface area contributed by atoms with Crippen molar-refractivity contribution in [3.05, 3.63) is 41.5 Å². The Morgan fingerprint density at radius 2 is 1.84 bits per heavy atom. The molecule has 0 aromatic heterocycles. The summed E-state index contributed by atoms with van der Waals surface area (Å²) in [4.78, 5) is 0.221. The van der Waals surface area contributed by atoms with Crippen LogP contribution in [0.1, 0.15) is 37.8 Å². The first-order chi connectivity index (χ1) is 8.84. The molecule has 0 aromatic carbocycles. The molecule has 0 fully saturated rings. The van der Waals surface area contributed by atoms with E-state index in [1.54, 1.807) is 6.07 Å². The maximum atomic E-state index is 11.7. The summed E-state index contributed by atoms with van der Waals surface area (Å²) in [6, 6.07) is 9.59. The van der Waals surface area contributed by atoms with Crippen LogP contribution in [0.2, 0.25) is 0 Å². The Kier molecular flexibility index (Phi) is 3.88. The summed E-state index contributed by atoms with van der Waals surface area (Å²) in [5.41, 5.74) is 3.80. The highest BCUT2D eigenvalue weighted by Crippen LogP contribution is 2.38. The largest absolute Gasteiger partial charge is 0.261 e. The van der Waals surface area contributed by atoms with E-state index in [9.17, 15) is 8.42 Å². The second-order valence-electron chi connectivity index (χ2n) is 4.98. The monoisotopic (exact) mass is 296 g/mol. The van der Waals surface area contributed by atoms with Crippen LogP contribution in [0.4, 0.5) is 0 Å². The van der Waals surface area contributed by atoms with E-state index < -0.39 is 9.05 Å². The first kappa shape index (κ1) is 14.4. The molecule has 0 unspecified atom stereocenters. The Balaban J connectivity index is 2.81. The Labute approximate surface area is 119 Å². The third kappa shape index (κ3) is 2.77. The lowest BCUT2D eigenvalue weighted by atomic mass is 10.0. The normalized spacial score (nSPS) is 12.3. The zero-order valence-electron chi connectivity index (χ0n) is 11.3. The zero-order chi connectivity index (χ0) is 14.2. The van der Waals surface area contributed by atoms with Gasteiger partial charge < -0.3 is 0 Å². The van der Waals surface area contributed by atoms with Crippen LogP contribution in [-0.4, -0.2) is 8.42 Å². The van der Waals surface area contributed by atoms with Gasteiger partial charge in [-0.05, 0) is 41.2 Å². The summed E-state index contributed by atoms with van der Waals surface area (Å²) in [6.45, 7) is 6.18. The van der Waals surface area contributed by atoms with Crippen LogP contribution in [0.25, 0.3) is 11.1 Å². The zero-order valence-corrected chi connectivity index (χ0v) is 12.8. The lowest BCUT2D eigenvalue weighted by molar-refractivity contribution is 0.610. The first-order valence-electron chi connectivity index (χ1n) is 6.34. The van der Waals surface area contributed by atoms with E-state index in [0.717, 1.165) is 28.7 Å². The standard InChI is InChI=1S/C15H17ClO2S/c1-4-11-9-15(19(16,17)18)14-8-12(10(2)3)6-5-7-13(11)14/h5-10H,4H2,1-3H3. The summed E-state index contributed by atoms with van der Waals surface area (Å²) in [5.74, 6) is 0.335. The van der Waals surface area contributed by atoms with Gasteiger partial charge >= 0.3 is 0 Å². The topological polar surface area (TPSA) is 34.1 Å². The van der Waals surface area contributed by atoms with Gasteiger partial charge in [0, 0.05) is 16.2 Å². The summed E-state index contributed by atoms with van der Waals surface area (Å²) in [6.07, 6.45) is 0.782. The van der Waals surface area contributed by atoms with E-state index in [2.05, 4.69) is 13.8 Å². The first-order valence-corrected chi connectivity index (χ1v) is 8.65. The highest BCUT2D eigenvalue weighted by atomic mass is 35.7. The minimum Gasteiger partial charge on any atom is -0.207 e. The molecule has 0 N–H and O–H groups in total. The number of hydrogen-bond donors (Lipinski definition) is 0. The van der Waals surface area contributed by atoms with Gasteiger partial charge in [-0.15, -0.1) is 0 Å². The van der Waals surface area contributed by atoms with E-state index >= 15 is 0 Å². The van der Waals surface area contributed by atoms with E-state index in [1.165, 1.54) is 0 Å². The fraction of sp³-hybridized carbons (Fsp3) is 0.333. The van der Waals surface area contributed by atoms with Crippen LogP contribution in [0.5, 0.6) is 0 Å². The molecule has 0 aromatic rings. The fourth-order valence-electron chi connectivity index (χ4n) is 2.29. The van der Waals surface area contributed by atoms with Gasteiger partial charge in [0.1, 0.15) is 0 Å². The third-order valence-electron chi connectivity index (χ3n) is 3.38. The van der Waals surface area contributed by atoms with Crippen LogP contribution in [0.15, 0.2) is 35.2 Å². The SMILES string of the molecule is CCc1cc(S(=O)(=O)Cl)c2cc(C(C)C)cccc1-2. The molecular weight excluding hydrogens is 280 g/mol. The van der Waals surface area contributed by atoms with E-state index in [1.807, 2.05) is 31.2 Å². The summed E-state index contributed by atoms with van der Waals surface area (Å²) < 4.78 is 23.4. The van der Waals surface area contributed by atoms with Crippen LogP contribution >= 0.6 is 10.7 Å². The second-order valence-corrected chi connectivity index (χ2v) is 7.51. The molecule has 2 nitrogen and oxygen atoms in total. The van der Waals surface area contributed by atoms with Crippen molar-refractivity contribution in [2.75, 3.05) is 0 Å². The third-order valence-corrected chi connectivity index (χ3v) is 4.74. The van der Waals surface area contributed by atoms with E-state index in [-0.39, 0.29) is 4.90 Å². The predicted octanol–water partition coefficient (Wildman–Crippen LogP) is 4.40. The number of aryl methyl sites for hydroxylation is 1. The molecule has 0 atom stereocenters. The average molecular weight is 297 g/mol. The second kappa shape index (κ2) is 5.14. The van der Waals surface area contributed by atoms with Gasteiger partial charge in [-0.25, -0.2) is 8.42 Å². The number of rotatable bonds is 3. The van der Waals surface area contributed by atoms with Gasteiger partial charge in [0.25, 0.3) is 9.05 Å². The predicted molar refractivity (Wildman–Crippen MR) is 79.6 cm³/mol. The maximum absolute atomic E-state index is 11.7. The highest BCUT2D eigenvalue weighted by molar-refractivity contribution is 8.13. The van der Waals surface area contributed by atoms with Gasteiger partial charge in [-0.3, -0.25) is 0 Å². The van der Waals surface area contributed by atoms with Crippen molar-refractivity contribution in [2.45, 2.75) is 38.0 Å². The summed E-state index contributed by atoms with van der Waals surface area (Å²) >= 11 is 0. The van der Waals surface area contributed by atoms with Gasteiger partial charge in [0.05, 0.1) is 4.90 Å². The molecule has 102 valence electrons. The fourth-order valence-corrected chi connectivity index (χ4v) is 3.39. The van der Waals surface area contributed by atoms with Crippen molar-refractivity contribution in [3.8, 4) is 11.1 Å². The van der Waals surface area contributed by atoms with Gasteiger partial charge in [-0.1, -0.05) is 39.0 Å². The number of halogens is 1. The molecule has 0 amide bonds. The summed E-state index contributed by atoms with van der Waals surface area (Å²) in [5, 5.41) is 0. The molecule has 19 heavy (non-hydrogen) atoms. The molecule has 0 spiro atoms. The molecule has 0 heterocycles. The van der Waals surface area contributed by atoms with E-state index in [4.69, 9.17) is 10.7 Å². The van der Waals surface area contributed by atoms with Crippen molar-refractivity contribution in [1.29, 1.82) is 0 Å². The lowest BCUT2D eigenvalue weighted by Crippen LogP contribution is -1.90. The Morgan fingerprint density at radius 3 is 2.37 bits per heavy atom. The molecule has 2 aliphatic rings. The van der Waals surface area contributed by atoms with Crippen molar-refractivity contribution >= 4 is 19.7 Å². The quantitative estimate of drug-likeness (QED) is 0.787. The minimum atomic E-state index is -3.72. The van der Waals surface area contributed by atoms with E-state index in [0.29, 0.717) is 5.92 Å². The molecule has 2 rings (SSSR count). The Bertz CT molecular complexity index is 675. The molecule has 0 aliphatic heterocycles. The molecule has 2 aliphatic carbocycles. The maximum Gasteiger partial charge on any atom is 0.261 e. The van der Waals surface area contributed by atoms with Crippen molar-refractivity contribution in [3.63, 3.8) is 0 Å². The lowest BCUT2D eigenvalue weighted by Gasteiger charge is -2.04. The highest BCUT2D eigenvalue weighted by Gasteiger charge is 2.22. The molecule has 4 heteroatoms. The van der Waals surface area contributed by atoms with Gasteiger partial charge in [-0.2, -0.15) is 0 Å². The number of hydrogen-bond acceptors (Lipinski definition) is 2. The molecule has 0 bridgehead atoms. The minimum absolute atomic E-state index is 0.221. The van der Waals surface area contributed by atoms with Gasteiger partial charge in [0.2, 0.25) is 0 Å². The van der Waals surface area contributed by atoms with Crippen molar-refractivity contribution in [2.24, 2.45) is 0 Å². The molecular formula is C15H17ClO2S. The molecule has 0 saturated heterocycles. The average Bonchev–Trinajstić information content (AvgIpc) is 2.52. The Morgan fingerprint density at radius 1 is 1.16 bits per heavy atom. The number of fused-ring (bicyclic) bond motifs is 1. The van der Waals surface area contributed by atoms with Crippen LogP contribution in [-0.2, 0) is 15.5 Å². The molecule has 0 radical (unpaired) electrons. The summed E-state index contributed by atoms with van der Waals surface area (Å²) in [7, 11) is 1.84. The van der Waals surface area contributed by atoms with Crippen LogP contribution in [0, 0.1) is 0 Å². The van der Waals surface area contributed by atoms with Crippen molar-refractivity contribution < 1.29 is 8.42 Å². The van der Waals surface area contributed by atoms with Gasteiger partial charge in [0.15, 0.2) is 0 Å². The molecule has 0 saturated carbocycles. The van der Waals surface area contributed by atoms with Crippen LogP contribution < -0.4 is 0 Å². The Hall–Kier alpha value is -1.06.